The van der Waals surface area contributed by atoms with Crippen LogP contribution in [0.3, 0.4) is 0 Å². The number of nitrogens with zero attached hydrogens (tertiary/aromatic N) is 3. The molecule has 0 bridgehead atoms. The summed E-state index contributed by atoms with van der Waals surface area (Å²) in [5, 5.41) is 4.07. The van der Waals surface area contributed by atoms with E-state index in [1.165, 1.54) is 12.5 Å². The molecule has 0 unspecified atom stereocenters. The second kappa shape index (κ2) is 1.82. The minimum atomic E-state index is -0.230. The van der Waals surface area contributed by atoms with Crippen LogP contribution in [0, 0.1) is 0 Å². The van der Waals surface area contributed by atoms with Crippen LogP contribution in [0.2, 0.25) is 0 Å². The van der Waals surface area contributed by atoms with Crippen molar-refractivity contribution in [2.75, 3.05) is 5.84 Å². The maximum Gasteiger partial charge on any atom is 0.261 e. The Labute approximate surface area is 60.6 Å². The van der Waals surface area contributed by atoms with Gasteiger partial charge in [0.2, 0.25) is 0 Å². The Bertz CT molecular complexity index is 441. The molecule has 0 saturated carbocycles. The van der Waals surface area contributed by atoms with Crippen LogP contribution in [0.4, 0.5) is 0 Å². The molecule has 0 fully saturated rings. The number of fused-ring (bicyclic) bond motifs is 1. The van der Waals surface area contributed by atoms with Crippen molar-refractivity contribution in [1.82, 2.24) is 19.9 Å². The summed E-state index contributed by atoms with van der Waals surface area (Å²) in [6.45, 7) is 0. The lowest BCUT2D eigenvalue weighted by Crippen LogP contribution is -2.12. The van der Waals surface area contributed by atoms with Gasteiger partial charge in [-0.25, -0.2) is 4.98 Å². The van der Waals surface area contributed by atoms with Crippen LogP contribution in [-0.2, 0) is 0 Å². The molecule has 0 aliphatic rings. The second-order valence-electron chi connectivity index (χ2n) is 2.06. The number of hydrogen-bond acceptors (Lipinski definition) is 4. The average Bonchev–Trinajstić information content (AvgIpc) is 2.35. The average molecular weight is 151 g/mol. The van der Waals surface area contributed by atoms with Gasteiger partial charge in [0.25, 0.3) is 5.56 Å². The van der Waals surface area contributed by atoms with Crippen LogP contribution >= 0.6 is 0 Å². The third-order valence-electron chi connectivity index (χ3n) is 1.40. The summed E-state index contributed by atoms with van der Waals surface area (Å²) < 4.78 is 0. The SMILES string of the molecule is Nn1ncc2c(=O)[nH]cnc21. The van der Waals surface area contributed by atoms with Crippen LogP contribution in [-0.4, -0.2) is 19.9 Å². The Kier molecular flexibility index (Phi) is 0.974. The van der Waals surface area contributed by atoms with E-state index >= 15 is 0 Å². The van der Waals surface area contributed by atoms with Gasteiger partial charge in [-0.3, -0.25) is 4.79 Å². The zero-order valence-electron chi connectivity index (χ0n) is 5.48. The van der Waals surface area contributed by atoms with Gasteiger partial charge in [0.1, 0.15) is 5.39 Å². The largest absolute Gasteiger partial charge is 0.321 e. The van der Waals surface area contributed by atoms with Gasteiger partial charge in [-0.1, -0.05) is 0 Å². The van der Waals surface area contributed by atoms with E-state index in [0.717, 1.165) is 4.79 Å². The number of rotatable bonds is 0. The number of aromatic nitrogens is 4. The standard InChI is InChI=1S/C5H5N5O/c6-10-4-3(1-9-10)5(11)8-2-7-4/h1-2H,6H2,(H,7,8,11). The Morgan fingerprint density at radius 1 is 1.64 bits per heavy atom. The molecule has 11 heavy (non-hydrogen) atoms. The van der Waals surface area contributed by atoms with E-state index in [1.807, 2.05) is 0 Å². The monoisotopic (exact) mass is 151 g/mol. The molecule has 2 rings (SSSR count). The predicted molar refractivity (Wildman–Crippen MR) is 38.3 cm³/mol. The first-order valence-electron chi connectivity index (χ1n) is 2.95. The highest BCUT2D eigenvalue weighted by Crippen LogP contribution is 1.98. The smallest absolute Gasteiger partial charge is 0.261 e. The van der Waals surface area contributed by atoms with Gasteiger partial charge in [-0.15, -0.1) is 0 Å². The fraction of sp³-hybridized carbons (Fsp3) is 0. The fourth-order valence-electron chi connectivity index (χ4n) is 0.874. The van der Waals surface area contributed by atoms with E-state index in [-0.39, 0.29) is 5.56 Å². The van der Waals surface area contributed by atoms with Crippen molar-refractivity contribution in [2.24, 2.45) is 0 Å². The van der Waals surface area contributed by atoms with E-state index < -0.39 is 0 Å². The highest BCUT2D eigenvalue weighted by Gasteiger charge is 2.02. The predicted octanol–water partition coefficient (Wildman–Crippen LogP) is -1.17. The molecule has 2 aromatic heterocycles. The third-order valence-corrected chi connectivity index (χ3v) is 1.40. The minimum Gasteiger partial charge on any atom is -0.321 e. The van der Waals surface area contributed by atoms with E-state index in [2.05, 4.69) is 15.1 Å². The molecule has 0 radical (unpaired) electrons. The summed E-state index contributed by atoms with van der Waals surface area (Å²) in [6.07, 6.45) is 2.66. The number of nitrogens with two attached hydrogens (primary N) is 1. The Balaban J connectivity index is 3.06. The van der Waals surface area contributed by atoms with Crippen molar-refractivity contribution < 1.29 is 0 Å². The molecule has 2 heterocycles. The molecule has 0 saturated heterocycles. The second-order valence-corrected chi connectivity index (χ2v) is 2.06. The van der Waals surface area contributed by atoms with Crippen molar-refractivity contribution in [3.05, 3.63) is 22.9 Å². The van der Waals surface area contributed by atoms with Crippen LogP contribution in [0.5, 0.6) is 0 Å². The van der Waals surface area contributed by atoms with Crippen molar-refractivity contribution >= 4 is 11.0 Å². The van der Waals surface area contributed by atoms with Gasteiger partial charge in [0, 0.05) is 0 Å². The van der Waals surface area contributed by atoms with Crippen LogP contribution in [0.25, 0.3) is 11.0 Å². The topological polar surface area (TPSA) is 89.6 Å². The normalized spacial score (nSPS) is 10.5. The molecule has 56 valence electrons. The lowest BCUT2D eigenvalue weighted by atomic mass is 10.4. The quantitative estimate of drug-likeness (QED) is 0.464. The first-order chi connectivity index (χ1) is 5.29. The molecular formula is C5H5N5O. The van der Waals surface area contributed by atoms with Crippen LogP contribution in [0.1, 0.15) is 0 Å². The lowest BCUT2D eigenvalue weighted by Gasteiger charge is -1.89. The van der Waals surface area contributed by atoms with Gasteiger partial charge < -0.3 is 10.8 Å². The van der Waals surface area contributed by atoms with E-state index in [1.54, 1.807) is 0 Å². The molecular weight excluding hydrogens is 146 g/mol. The Hall–Kier alpha value is -1.85. The highest BCUT2D eigenvalue weighted by atomic mass is 16.1. The van der Waals surface area contributed by atoms with E-state index in [9.17, 15) is 4.79 Å². The first-order valence-corrected chi connectivity index (χ1v) is 2.95. The summed E-state index contributed by atoms with van der Waals surface area (Å²) in [4.78, 5) is 18.3. The summed E-state index contributed by atoms with van der Waals surface area (Å²) in [7, 11) is 0. The number of hydrogen-bond donors (Lipinski definition) is 2. The molecule has 0 aliphatic carbocycles. The maximum atomic E-state index is 11.0. The maximum absolute atomic E-state index is 11.0. The summed E-state index contributed by atoms with van der Waals surface area (Å²) >= 11 is 0. The van der Waals surface area contributed by atoms with Gasteiger partial charge in [-0.2, -0.15) is 9.89 Å². The summed E-state index contributed by atoms with van der Waals surface area (Å²) in [6, 6.07) is 0. The molecule has 0 aromatic carbocycles. The van der Waals surface area contributed by atoms with Crippen LogP contribution < -0.4 is 11.4 Å². The molecule has 0 atom stereocenters. The molecule has 2 aromatic rings. The lowest BCUT2D eigenvalue weighted by molar-refractivity contribution is 0.848. The molecule has 6 heteroatoms. The molecule has 0 spiro atoms. The van der Waals surface area contributed by atoms with Gasteiger partial charge in [-0.05, 0) is 0 Å². The first kappa shape index (κ1) is 5.90. The van der Waals surface area contributed by atoms with Crippen molar-refractivity contribution in [3.63, 3.8) is 0 Å². The zero-order chi connectivity index (χ0) is 7.84. The van der Waals surface area contributed by atoms with E-state index in [4.69, 9.17) is 5.84 Å². The summed E-state index contributed by atoms with van der Waals surface area (Å²) in [5.41, 5.74) is 0.153. The van der Waals surface area contributed by atoms with Crippen LogP contribution in [0.15, 0.2) is 17.3 Å². The fourth-order valence-corrected chi connectivity index (χ4v) is 0.874. The minimum absolute atomic E-state index is 0.230. The van der Waals surface area contributed by atoms with Crippen molar-refractivity contribution in [3.8, 4) is 0 Å². The number of H-pyrrole nitrogens is 1. The number of nitrogens with one attached hydrogen (secondary N) is 1. The highest BCUT2D eigenvalue weighted by molar-refractivity contribution is 5.72. The Morgan fingerprint density at radius 3 is 3.18 bits per heavy atom. The van der Waals surface area contributed by atoms with Crippen molar-refractivity contribution in [2.45, 2.75) is 0 Å². The summed E-state index contributed by atoms with van der Waals surface area (Å²) in [5.74, 6) is 5.34. The van der Waals surface area contributed by atoms with Gasteiger partial charge in [0.15, 0.2) is 5.65 Å². The molecule has 0 aliphatic heterocycles. The number of nitrogen functional groups attached to an aromatic ring is 1. The van der Waals surface area contributed by atoms with Gasteiger partial charge in [0.05, 0.1) is 12.5 Å². The van der Waals surface area contributed by atoms with E-state index in [0.29, 0.717) is 11.0 Å². The zero-order valence-corrected chi connectivity index (χ0v) is 5.48. The Morgan fingerprint density at radius 2 is 2.45 bits per heavy atom. The number of aromatic amines is 1. The third kappa shape index (κ3) is 0.689. The molecule has 0 amide bonds. The van der Waals surface area contributed by atoms with Crippen molar-refractivity contribution in [1.29, 1.82) is 0 Å². The molecule has 6 nitrogen and oxygen atoms in total. The molecule has 3 N–H and O–H groups in total. The van der Waals surface area contributed by atoms with Gasteiger partial charge >= 0.3 is 0 Å².